The first-order chi connectivity index (χ1) is 10.2. The number of rotatable bonds is 6. The number of hydrogen-bond donors (Lipinski definition) is 2. The van der Waals surface area contributed by atoms with E-state index in [0.29, 0.717) is 17.8 Å². The van der Waals surface area contributed by atoms with Crippen molar-refractivity contribution in [2.45, 2.75) is 13.3 Å². The summed E-state index contributed by atoms with van der Waals surface area (Å²) in [4.78, 5) is 16.9. The maximum absolute atomic E-state index is 11.9. The highest BCUT2D eigenvalue weighted by molar-refractivity contribution is 5.94. The average molecular weight is 290 g/mol. The van der Waals surface area contributed by atoms with Gasteiger partial charge in [0, 0.05) is 44.0 Å². The number of hydrogen-bond acceptors (Lipinski definition) is 4. The minimum Gasteiger partial charge on any atom is -0.399 e. The molecule has 0 spiro atoms. The molecule has 3 N–H and O–H groups in total. The summed E-state index contributed by atoms with van der Waals surface area (Å²) in [6, 6.07) is 7.08. The van der Waals surface area contributed by atoms with Crippen LogP contribution in [0.4, 0.5) is 5.69 Å². The van der Waals surface area contributed by atoms with Crippen molar-refractivity contribution in [3.05, 3.63) is 29.8 Å². The number of nitrogens with one attached hydrogen (secondary N) is 1. The molecule has 5 nitrogen and oxygen atoms in total. The second-order valence-corrected chi connectivity index (χ2v) is 5.51. The van der Waals surface area contributed by atoms with Crippen LogP contribution in [0.1, 0.15) is 23.7 Å². The van der Waals surface area contributed by atoms with Crippen LogP contribution in [0.5, 0.6) is 0 Å². The summed E-state index contributed by atoms with van der Waals surface area (Å²) in [5.74, 6) is -0.0434. The molecule has 0 aromatic heterocycles. The highest BCUT2D eigenvalue weighted by atomic mass is 16.1. The van der Waals surface area contributed by atoms with Crippen molar-refractivity contribution >= 4 is 11.6 Å². The van der Waals surface area contributed by atoms with Gasteiger partial charge in [0.15, 0.2) is 0 Å². The van der Waals surface area contributed by atoms with E-state index in [2.05, 4.69) is 22.0 Å². The van der Waals surface area contributed by atoms with E-state index in [-0.39, 0.29) is 5.91 Å². The third-order valence-corrected chi connectivity index (χ3v) is 4.00. The Bertz CT molecular complexity index is 455. The fourth-order valence-electron chi connectivity index (χ4n) is 2.62. The molecule has 0 radical (unpaired) electrons. The molecule has 1 aliphatic rings. The van der Waals surface area contributed by atoms with Gasteiger partial charge in [-0.1, -0.05) is 13.0 Å². The van der Waals surface area contributed by atoms with Crippen molar-refractivity contribution in [1.82, 2.24) is 15.1 Å². The Morgan fingerprint density at radius 3 is 2.62 bits per heavy atom. The number of nitrogens with zero attached hydrogens (tertiary/aromatic N) is 2. The quantitative estimate of drug-likeness (QED) is 0.607. The molecule has 0 atom stereocenters. The Hall–Kier alpha value is -1.59. The number of amides is 1. The molecule has 1 aromatic carbocycles. The summed E-state index contributed by atoms with van der Waals surface area (Å²) in [5.41, 5.74) is 6.93. The van der Waals surface area contributed by atoms with Gasteiger partial charge in [0.2, 0.25) is 0 Å². The topological polar surface area (TPSA) is 61.6 Å². The highest BCUT2D eigenvalue weighted by Crippen LogP contribution is 2.06. The standard InChI is InChI=1S/C16H26N4O/c1-2-19-9-11-20(12-10-19)8-4-7-18-16(21)14-5-3-6-15(17)13-14/h3,5-6,13H,2,4,7-12,17H2,1H3,(H,18,21). The van der Waals surface area contributed by atoms with Crippen molar-refractivity contribution in [2.24, 2.45) is 0 Å². The summed E-state index contributed by atoms with van der Waals surface area (Å²) < 4.78 is 0. The van der Waals surface area contributed by atoms with Gasteiger partial charge in [-0.15, -0.1) is 0 Å². The Morgan fingerprint density at radius 2 is 1.95 bits per heavy atom. The van der Waals surface area contributed by atoms with Gasteiger partial charge in [0.1, 0.15) is 0 Å². The summed E-state index contributed by atoms with van der Waals surface area (Å²) >= 11 is 0. The van der Waals surface area contributed by atoms with Crippen molar-refractivity contribution < 1.29 is 4.79 Å². The number of carbonyl (C=O) groups excluding carboxylic acids is 1. The van der Waals surface area contributed by atoms with E-state index >= 15 is 0 Å². The van der Waals surface area contributed by atoms with Crippen molar-refractivity contribution in [3.63, 3.8) is 0 Å². The maximum atomic E-state index is 11.9. The molecule has 5 heteroatoms. The molecule has 1 fully saturated rings. The Kier molecular flexibility index (Phi) is 6.02. The van der Waals surface area contributed by atoms with Crippen LogP contribution in [0.3, 0.4) is 0 Å². The van der Waals surface area contributed by atoms with Gasteiger partial charge >= 0.3 is 0 Å². The molecule has 1 aromatic rings. The first-order valence-corrected chi connectivity index (χ1v) is 7.77. The summed E-state index contributed by atoms with van der Waals surface area (Å²) in [6.45, 7) is 9.70. The third kappa shape index (κ3) is 5.02. The van der Waals surface area contributed by atoms with Gasteiger partial charge in [-0.2, -0.15) is 0 Å². The zero-order chi connectivity index (χ0) is 15.1. The van der Waals surface area contributed by atoms with Crippen LogP contribution >= 0.6 is 0 Å². The molecule has 116 valence electrons. The molecule has 21 heavy (non-hydrogen) atoms. The molecule has 2 rings (SSSR count). The second-order valence-electron chi connectivity index (χ2n) is 5.51. The Morgan fingerprint density at radius 1 is 1.24 bits per heavy atom. The minimum atomic E-state index is -0.0434. The van der Waals surface area contributed by atoms with Crippen molar-refractivity contribution in [3.8, 4) is 0 Å². The summed E-state index contributed by atoms with van der Waals surface area (Å²) in [5, 5.41) is 2.95. The van der Waals surface area contributed by atoms with Crippen LogP contribution in [-0.2, 0) is 0 Å². The second kappa shape index (κ2) is 8.00. The van der Waals surface area contributed by atoms with Gasteiger partial charge < -0.3 is 20.9 Å². The molecular formula is C16H26N4O. The average Bonchev–Trinajstić information content (AvgIpc) is 2.52. The molecule has 0 unspecified atom stereocenters. The first kappa shape index (κ1) is 15.8. The SMILES string of the molecule is CCN1CCN(CCCNC(=O)c2cccc(N)c2)CC1. The van der Waals surface area contributed by atoms with Gasteiger partial charge in [0.05, 0.1) is 0 Å². The van der Waals surface area contributed by atoms with Gasteiger partial charge in [-0.3, -0.25) is 4.79 Å². The van der Waals surface area contributed by atoms with Gasteiger partial charge in [-0.25, -0.2) is 0 Å². The molecule has 0 saturated carbocycles. The van der Waals surface area contributed by atoms with Gasteiger partial charge in [0.25, 0.3) is 5.91 Å². The molecule has 1 aliphatic heterocycles. The number of piperazine rings is 1. The van der Waals surface area contributed by atoms with Crippen LogP contribution in [-0.4, -0.2) is 61.5 Å². The van der Waals surface area contributed by atoms with Crippen LogP contribution in [0.15, 0.2) is 24.3 Å². The minimum absolute atomic E-state index is 0.0434. The molecule has 0 bridgehead atoms. The van der Waals surface area contributed by atoms with E-state index in [0.717, 1.165) is 45.7 Å². The normalized spacial score (nSPS) is 16.8. The smallest absolute Gasteiger partial charge is 0.251 e. The number of benzene rings is 1. The molecule has 1 heterocycles. The lowest BCUT2D eigenvalue weighted by atomic mass is 10.2. The number of likely N-dealkylation sites (N-methyl/N-ethyl adjacent to an activating group) is 1. The van der Waals surface area contributed by atoms with E-state index in [1.807, 2.05) is 0 Å². The fraction of sp³-hybridized carbons (Fsp3) is 0.562. The van der Waals surface area contributed by atoms with Crippen molar-refractivity contribution in [2.75, 3.05) is 51.5 Å². The lowest BCUT2D eigenvalue weighted by Crippen LogP contribution is -2.46. The molecule has 0 aliphatic carbocycles. The van der Waals surface area contributed by atoms with E-state index < -0.39 is 0 Å². The van der Waals surface area contributed by atoms with Crippen molar-refractivity contribution in [1.29, 1.82) is 0 Å². The highest BCUT2D eigenvalue weighted by Gasteiger charge is 2.14. The molecule has 1 amide bonds. The van der Waals surface area contributed by atoms with E-state index in [1.54, 1.807) is 24.3 Å². The molecule has 1 saturated heterocycles. The zero-order valence-electron chi connectivity index (χ0n) is 12.8. The number of nitrogen functional groups attached to an aromatic ring is 1. The largest absolute Gasteiger partial charge is 0.399 e. The fourth-order valence-corrected chi connectivity index (χ4v) is 2.62. The van der Waals surface area contributed by atoms with Crippen LogP contribution in [0.25, 0.3) is 0 Å². The van der Waals surface area contributed by atoms with E-state index in [1.165, 1.54) is 0 Å². The number of nitrogens with two attached hydrogens (primary N) is 1. The summed E-state index contributed by atoms with van der Waals surface area (Å²) in [6.07, 6.45) is 0.986. The monoisotopic (exact) mass is 290 g/mol. The van der Waals surface area contributed by atoms with E-state index in [9.17, 15) is 4.79 Å². The number of anilines is 1. The van der Waals surface area contributed by atoms with Crippen LogP contribution < -0.4 is 11.1 Å². The molecular weight excluding hydrogens is 264 g/mol. The predicted molar refractivity (Wildman–Crippen MR) is 86.4 cm³/mol. The Labute approximate surface area is 127 Å². The lowest BCUT2D eigenvalue weighted by molar-refractivity contribution is 0.0948. The zero-order valence-corrected chi connectivity index (χ0v) is 12.8. The summed E-state index contributed by atoms with van der Waals surface area (Å²) in [7, 11) is 0. The van der Waals surface area contributed by atoms with Crippen LogP contribution in [0.2, 0.25) is 0 Å². The number of carbonyl (C=O) groups is 1. The third-order valence-electron chi connectivity index (χ3n) is 4.00. The van der Waals surface area contributed by atoms with Gasteiger partial charge in [-0.05, 0) is 37.7 Å². The predicted octanol–water partition coefficient (Wildman–Crippen LogP) is 1.03. The maximum Gasteiger partial charge on any atom is 0.251 e. The first-order valence-electron chi connectivity index (χ1n) is 7.77. The lowest BCUT2D eigenvalue weighted by Gasteiger charge is -2.33. The Balaban J connectivity index is 1.63. The van der Waals surface area contributed by atoms with E-state index in [4.69, 9.17) is 5.73 Å². The van der Waals surface area contributed by atoms with Crippen LogP contribution in [0, 0.1) is 0 Å².